The first-order valence-corrected chi connectivity index (χ1v) is 6.91. The molecule has 1 atom stereocenters. The van der Waals surface area contributed by atoms with Crippen LogP contribution < -0.4 is 0 Å². The average molecular weight is 274 g/mol. The van der Waals surface area contributed by atoms with Crippen molar-refractivity contribution in [1.29, 1.82) is 0 Å². The van der Waals surface area contributed by atoms with Crippen LogP contribution in [-0.2, 0) is 9.53 Å². The second-order valence-electron chi connectivity index (χ2n) is 7.20. The van der Waals surface area contributed by atoms with Gasteiger partial charge in [0.2, 0.25) is 0 Å². The van der Waals surface area contributed by atoms with E-state index < -0.39 is 16.6 Å². The molecule has 2 N–H and O–H groups in total. The average Bonchev–Trinajstić information content (AvgIpc) is 2.20. The highest BCUT2D eigenvalue weighted by Crippen LogP contribution is 2.28. The molecule has 0 amide bonds. The maximum atomic E-state index is 11.9. The minimum atomic E-state index is -1.00. The smallest absolute Gasteiger partial charge is 0.311 e. The van der Waals surface area contributed by atoms with Gasteiger partial charge >= 0.3 is 5.97 Å². The van der Waals surface area contributed by atoms with Crippen molar-refractivity contribution in [2.45, 2.75) is 72.5 Å². The van der Waals surface area contributed by atoms with Gasteiger partial charge in [-0.05, 0) is 54.4 Å². The third kappa shape index (κ3) is 6.92. The lowest BCUT2D eigenvalue weighted by Gasteiger charge is -2.34. The molecule has 114 valence electrons. The molecule has 19 heavy (non-hydrogen) atoms. The van der Waals surface area contributed by atoms with Crippen molar-refractivity contribution in [2.24, 2.45) is 11.3 Å². The molecule has 4 heteroatoms. The molecule has 0 radical (unpaired) electrons. The van der Waals surface area contributed by atoms with Gasteiger partial charge in [0, 0.05) is 5.92 Å². The summed E-state index contributed by atoms with van der Waals surface area (Å²) in [6, 6.07) is 0. The Labute approximate surface area is 117 Å². The normalized spacial score (nSPS) is 15.2. The first-order valence-electron chi connectivity index (χ1n) is 6.91. The van der Waals surface area contributed by atoms with Crippen LogP contribution in [0.1, 0.15) is 61.3 Å². The number of aliphatic hydroxyl groups is 2. The second-order valence-corrected chi connectivity index (χ2v) is 7.20. The van der Waals surface area contributed by atoms with Crippen LogP contribution in [0.25, 0.3) is 0 Å². The number of rotatable bonds is 7. The van der Waals surface area contributed by atoms with Gasteiger partial charge in [0.15, 0.2) is 0 Å². The van der Waals surface area contributed by atoms with Gasteiger partial charge < -0.3 is 14.9 Å². The molecule has 0 aromatic carbocycles. The quantitative estimate of drug-likeness (QED) is 0.700. The summed E-state index contributed by atoms with van der Waals surface area (Å²) in [4.78, 5) is 11.9. The summed E-state index contributed by atoms with van der Waals surface area (Å²) >= 11 is 0. The lowest BCUT2D eigenvalue weighted by Crippen LogP contribution is -2.40. The summed E-state index contributed by atoms with van der Waals surface area (Å²) in [5.74, 6) is -0.566. The van der Waals surface area contributed by atoms with E-state index in [9.17, 15) is 15.0 Å². The SMILES string of the molecule is CCC(C)(C)C(=O)OCC(CC(C)(C)O)C(C)(C)O. The fraction of sp³-hybridized carbons (Fsp3) is 0.933. The summed E-state index contributed by atoms with van der Waals surface area (Å²) in [6.45, 7) is 12.4. The highest BCUT2D eigenvalue weighted by atomic mass is 16.5. The van der Waals surface area contributed by atoms with Crippen molar-refractivity contribution in [3.05, 3.63) is 0 Å². The topological polar surface area (TPSA) is 66.8 Å². The van der Waals surface area contributed by atoms with E-state index in [4.69, 9.17) is 4.74 Å². The van der Waals surface area contributed by atoms with Crippen molar-refractivity contribution in [1.82, 2.24) is 0 Å². The van der Waals surface area contributed by atoms with Crippen molar-refractivity contribution >= 4 is 5.97 Å². The zero-order valence-corrected chi connectivity index (χ0v) is 13.4. The van der Waals surface area contributed by atoms with E-state index in [1.807, 2.05) is 20.8 Å². The number of carbonyl (C=O) groups is 1. The van der Waals surface area contributed by atoms with Crippen molar-refractivity contribution in [3.8, 4) is 0 Å². The lowest BCUT2D eigenvalue weighted by molar-refractivity contribution is -0.159. The Morgan fingerprint density at radius 1 is 1.11 bits per heavy atom. The molecule has 0 saturated heterocycles. The van der Waals surface area contributed by atoms with E-state index in [-0.39, 0.29) is 18.5 Å². The summed E-state index contributed by atoms with van der Waals surface area (Å²) in [5, 5.41) is 20.0. The van der Waals surface area contributed by atoms with Crippen molar-refractivity contribution < 1.29 is 19.7 Å². The molecule has 0 saturated carbocycles. The van der Waals surface area contributed by atoms with Gasteiger partial charge in [-0.1, -0.05) is 6.92 Å². The maximum absolute atomic E-state index is 11.9. The Bertz CT molecular complexity index is 294. The first kappa shape index (κ1) is 18.4. The molecule has 0 fully saturated rings. The van der Waals surface area contributed by atoms with Crippen LogP contribution in [0.5, 0.6) is 0 Å². The first-order chi connectivity index (χ1) is 8.29. The summed E-state index contributed by atoms with van der Waals surface area (Å²) in [5.41, 5.74) is -2.42. The molecule has 0 spiro atoms. The monoisotopic (exact) mass is 274 g/mol. The van der Waals surface area contributed by atoms with Gasteiger partial charge in [-0.3, -0.25) is 4.79 Å². The lowest BCUT2D eigenvalue weighted by atomic mass is 9.83. The maximum Gasteiger partial charge on any atom is 0.311 e. The Balaban J connectivity index is 4.66. The van der Waals surface area contributed by atoms with Crippen LogP contribution in [-0.4, -0.2) is 34.0 Å². The fourth-order valence-electron chi connectivity index (χ4n) is 1.63. The van der Waals surface area contributed by atoms with Gasteiger partial charge in [-0.25, -0.2) is 0 Å². The molecule has 0 bridgehead atoms. The molecule has 0 aromatic heterocycles. The largest absolute Gasteiger partial charge is 0.465 e. The molecule has 0 aliphatic rings. The minimum absolute atomic E-state index is 0.121. The van der Waals surface area contributed by atoms with Crippen molar-refractivity contribution in [3.63, 3.8) is 0 Å². The Morgan fingerprint density at radius 3 is 1.89 bits per heavy atom. The molecular weight excluding hydrogens is 244 g/mol. The van der Waals surface area contributed by atoms with E-state index in [2.05, 4.69) is 0 Å². The van der Waals surface area contributed by atoms with Crippen LogP contribution in [0.3, 0.4) is 0 Å². The second kappa shape index (κ2) is 6.23. The summed E-state index contributed by atoms with van der Waals surface area (Å²) < 4.78 is 5.32. The predicted octanol–water partition coefficient (Wildman–Crippen LogP) is 2.51. The number of esters is 1. The van der Waals surface area contributed by atoms with Gasteiger partial charge in [-0.2, -0.15) is 0 Å². The van der Waals surface area contributed by atoms with E-state index in [0.29, 0.717) is 12.8 Å². The summed E-state index contributed by atoms with van der Waals surface area (Å²) in [7, 11) is 0. The van der Waals surface area contributed by atoms with Gasteiger partial charge in [0.25, 0.3) is 0 Å². The number of hydrogen-bond acceptors (Lipinski definition) is 4. The molecular formula is C15H30O4. The third-order valence-electron chi connectivity index (χ3n) is 3.60. The molecule has 0 rings (SSSR count). The standard InChI is InChI=1S/C15H30O4/c1-8-13(2,3)12(16)19-10-11(15(6,7)18)9-14(4,5)17/h11,17-18H,8-10H2,1-7H3. The number of carbonyl (C=O) groups excluding carboxylic acids is 1. The predicted molar refractivity (Wildman–Crippen MR) is 75.7 cm³/mol. The van der Waals surface area contributed by atoms with E-state index in [0.717, 1.165) is 0 Å². The Hall–Kier alpha value is -0.610. The Morgan fingerprint density at radius 2 is 1.58 bits per heavy atom. The van der Waals surface area contributed by atoms with Crippen LogP contribution in [0.2, 0.25) is 0 Å². The van der Waals surface area contributed by atoms with E-state index >= 15 is 0 Å². The zero-order chi connectivity index (χ0) is 15.5. The van der Waals surface area contributed by atoms with Gasteiger partial charge in [0.1, 0.15) is 0 Å². The van der Waals surface area contributed by atoms with Gasteiger partial charge in [0.05, 0.1) is 23.2 Å². The number of ether oxygens (including phenoxy) is 1. The van der Waals surface area contributed by atoms with Crippen LogP contribution in [0, 0.1) is 11.3 Å². The zero-order valence-electron chi connectivity index (χ0n) is 13.4. The molecule has 0 aromatic rings. The summed E-state index contributed by atoms with van der Waals surface area (Å²) in [6.07, 6.45) is 1.07. The van der Waals surface area contributed by atoms with Crippen LogP contribution in [0.15, 0.2) is 0 Å². The van der Waals surface area contributed by atoms with Crippen LogP contribution in [0.4, 0.5) is 0 Å². The van der Waals surface area contributed by atoms with Crippen molar-refractivity contribution in [2.75, 3.05) is 6.61 Å². The molecule has 0 heterocycles. The fourth-order valence-corrected chi connectivity index (χ4v) is 1.63. The minimum Gasteiger partial charge on any atom is -0.465 e. The number of hydrogen-bond donors (Lipinski definition) is 2. The Kier molecular flexibility index (Phi) is 6.03. The highest BCUT2D eigenvalue weighted by Gasteiger charge is 2.34. The molecule has 0 aliphatic heterocycles. The van der Waals surface area contributed by atoms with E-state index in [1.54, 1.807) is 27.7 Å². The third-order valence-corrected chi connectivity index (χ3v) is 3.60. The van der Waals surface area contributed by atoms with E-state index in [1.165, 1.54) is 0 Å². The van der Waals surface area contributed by atoms with Gasteiger partial charge in [-0.15, -0.1) is 0 Å². The van der Waals surface area contributed by atoms with Crippen LogP contribution >= 0.6 is 0 Å². The molecule has 1 unspecified atom stereocenters. The molecule has 0 aliphatic carbocycles. The molecule has 4 nitrogen and oxygen atoms in total. The highest BCUT2D eigenvalue weighted by molar-refractivity contribution is 5.75.